The first-order valence-electron chi connectivity index (χ1n) is 7.77. The Kier molecular flexibility index (Phi) is 3.90. The molecule has 2 amide bonds. The molecule has 4 heteroatoms. The summed E-state index contributed by atoms with van der Waals surface area (Å²) in [5, 5.41) is 3.29. The minimum Gasteiger partial charge on any atom is -0.383 e. The van der Waals surface area contributed by atoms with Gasteiger partial charge in [-0.1, -0.05) is 29.8 Å². The highest BCUT2D eigenvalue weighted by atomic mass is 16.2. The predicted molar refractivity (Wildman–Crippen MR) is 92.0 cm³/mol. The van der Waals surface area contributed by atoms with Crippen LogP contribution in [0.25, 0.3) is 0 Å². The highest BCUT2D eigenvalue weighted by Gasteiger charge is 2.27. The predicted octanol–water partition coefficient (Wildman–Crippen LogP) is 3.46. The first kappa shape index (κ1) is 15.3. The van der Waals surface area contributed by atoms with Crippen molar-refractivity contribution in [2.75, 3.05) is 16.8 Å². The first-order valence-corrected chi connectivity index (χ1v) is 7.77. The molecule has 0 atom stereocenters. The minimum absolute atomic E-state index is 0.280. The number of imide groups is 1. The van der Waals surface area contributed by atoms with E-state index in [-0.39, 0.29) is 11.8 Å². The van der Waals surface area contributed by atoms with Gasteiger partial charge in [0.1, 0.15) is 0 Å². The van der Waals surface area contributed by atoms with E-state index < -0.39 is 0 Å². The van der Waals surface area contributed by atoms with Crippen molar-refractivity contribution in [2.45, 2.75) is 27.2 Å². The molecule has 0 spiro atoms. The van der Waals surface area contributed by atoms with Crippen molar-refractivity contribution < 1.29 is 9.59 Å². The normalized spacial score (nSPS) is 12.5. The van der Waals surface area contributed by atoms with E-state index in [0.29, 0.717) is 11.3 Å². The molecule has 0 bridgehead atoms. The van der Waals surface area contributed by atoms with Crippen molar-refractivity contribution in [1.29, 1.82) is 0 Å². The van der Waals surface area contributed by atoms with Gasteiger partial charge in [-0.25, -0.2) is 4.90 Å². The van der Waals surface area contributed by atoms with Crippen LogP contribution in [0.1, 0.15) is 34.0 Å². The highest BCUT2D eigenvalue weighted by Crippen LogP contribution is 2.34. The zero-order valence-electron chi connectivity index (χ0n) is 13.6. The monoisotopic (exact) mass is 308 g/mol. The van der Waals surface area contributed by atoms with Crippen LogP contribution in [0.3, 0.4) is 0 Å². The van der Waals surface area contributed by atoms with Crippen LogP contribution >= 0.6 is 0 Å². The van der Waals surface area contributed by atoms with Gasteiger partial charge in [-0.2, -0.15) is 0 Å². The lowest BCUT2D eigenvalue weighted by atomic mass is 10.0. The van der Waals surface area contributed by atoms with Gasteiger partial charge in [0.15, 0.2) is 0 Å². The molecule has 0 unspecified atom stereocenters. The van der Waals surface area contributed by atoms with E-state index >= 15 is 0 Å². The van der Waals surface area contributed by atoms with Crippen molar-refractivity contribution in [3.05, 3.63) is 58.7 Å². The quantitative estimate of drug-likeness (QED) is 0.924. The lowest BCUT2D eigenvalue weighted by molar-refractivity contribution is -0.115. The van der Waals surface area contributed by atoms with Gasteiger partial charge in [0.05, 0.1) is 11.4 Å². The number of carbonyl (C=O) groups excluding carboxylic acids is 2. The largest absolute Gasteiger partial charge is 0.383 e. The summed E-state index contributed by atoms with van der Waals surface area (Å²) in [6.45, 7) is 6.13. The fourth-order valence-corrected chi connectivity index (χ4v) is 3.10. The molecule has 1 heterocycles. The topological polar surface area (TPSA) is 49.4 Å². The Morgan fingerprint density at radius 2 is 1.91 bits per heavy atom. The molecular weight excluding hydrogens is 288 g/mol. The fourth-order valence-electron chi connectivity index (χ4n) is 3.10. The zero-order valence-corrected chi connectivity index (χ0v) is 13.6. The average Bonchev–Trinajstić information content (AvgIpc) is 2.96. The van der Waals surface area contributed by atoms with E-state index in [0.717, 1.165) is 35.3 Å². The average molecular weight is 308 g/mol. The van der Waals surface area contributed by atoms with E-state index in [1.807, 2.05) is 44.2 Å². The third kappa shape index (κ3) is 2.72. The smallest absolute Gasteiger partial charge is 0.265 e. The summed E-state index contributed by atoms with van der Waals surface area (Å²) < 4.78 is 0. The van der Waals surface area contributed by atoms with Crippen molar-refractivity contribution in [3.8, 4) is 0 Å². The maximum absolute atomic E-state index is 13.0. The molecule has 0 aromatic heterocycles. The van der Waals surface area contributed by atoms with E-state index in [9.17, 15) is 9.59 Å². The van der Waals surface area contributed by atoms with Crippen LogP contribution in [0, 0.1) is 13.8 Å². The third-order valence-electron chi connectivity index (χ3n) is 4.20. The molecule has 118 valence electrons. The number of benzene rings is 2. The second kappa shape index (κ2) is 5.88. The second-order valence-corrected chi connectivity index (χ2v) is 5.97. The molecule has 1 aliphatic heterocycles. The van der Waals surface area contributed by atoms with Crippen LogP contribution in [0.5, 0.6) is 0 Å². The van der Waals surface area contributed by atoms with Crippen molar-refractivity contribution >= 4 is 23.2 Å². The lowest BCUT2D eigenvalue weighted by Gasteiger charge is -2.23. The Morgan fingerprint density at radius 3 is 2.61 bits per heavy atom. The number of anilines is 2. The van der Waals surface area contributed by atoms with Crippen LogP contribution in [-0.2, 0) is 11.2 Å². The molecule has 23 heavy (non-hydrogen) atoms. The number of rotatable bonds is 2. The Labute approximate surface area is 136 Å². The molecule has 0 aliphatic carbocycles. The second-order valence-electron chi connectivity index (χ2n) is 5.97. The van der Waals surface area contributed by atoms with E-state index in [2.05, 4.69) is 5.32 Å². The summed E-state index contributed by atoms with van der Waals surface area (Å²) >= 11 is 0. The van der Waals surface area contributed by atoms with Gasteiger partial charge in [0, 0.05) is 19.0 Å². The summed E-state index contributed by atoms with van der Waals surface area (Å²) in [7, 11) is 0. The Bertz CT molecular complexity index is 796. The van der Waals surface area contributed by atoms with Gasteiger partial charge in [0.25, 0.3) is 5.91 Å². The first-order chi connectivity index (χ1) is 11.0. The number of amides is 2. The van der Waals surface area contributed by atoms with Gasteiger partial charge in [-0.15, -0.1) is 0 Å². The molecule has 3 rings (SSSR count). The number of nitrogens with one attached hydrogen (secondary N) is 1. The maximum atomic E-state index is 13.0. The number of carbonyl (C=O) groups is 2. The van der Waals surface area contributed by atoms with Gasteiger partial charge < -0.3 is 5.32 Å². The minimum atomic E-state index is -0.280. The van der Waals surface area contributed by atoms with Gasteiger partial charge in [0.2, 0.25) is 5.91 Å². The third-order valence-corrected chi connectivity index (χ3v) is 4.20. The number of hydrogen-bond acceptors (Lipinski definition) is 3. The Balaban J connectivity index is 2.08. The summed E-state index contributed by atoms with van der Waals surface area (Å²) in [6.07, 6.45) is 0.909. The van der Waals surface area contributed by atoms with E-state index in [1.165, 1.54) is 11.8 Å². The molecule has 1 N–H and O–H groups in total. The molecule has 0 fully saturated rings. The molecule has 2 aromatic carbocycles. The van der Waals surface area contributed by atoms with Crippen LogP contribution in [0.4, 0.5) is 11.4 Å². The van der Waals surface area contributed by atoms with Crippen LogP contribution in [0.15, 0.2) is 36.4 Å². The van der Waals surface area contributed by atoms with Crippen molar-refractivity contribution in [2.24, 2.45) is 0 Å². The van der Waals surface area contributed by atoms with Gasteiger partial charge in [-0.05, 0) is 43.5 Å². The number of aryl methyl sites for hydroxylation is 2. The van der Waals surface area contributed by atoms with Gasteiger partial charge >= 0.3 is 0 Å². The Hall–Kier alpha value is -2.62. The fraction of sp³-hybridized carbons (Fsp3) is 0.263. The molecular formula is C19H20N2O2. The molecule has 1 aliphatic rings. The maximum Gasteiger partial charge on any atom is 0.265 e. The summed E-state index contributed by atoms with van der Waals surface area (Å²) in [4.78, 5) is 26.5. The number of hydrogen-bond donors (Lipinski definition) is 1. The Morgan fingerprint density at radius 1 is 1.13 bits per heavy atom. The van der Waals surface area contributed by atoms with Crippen LogP contribution in [-0.4, -0.2) is 18.4 Å². The molecule has 2 aromatic rings. The van der Waals surface area contributed by atoms with Crippen molar-refractivity contribution in [1.82, 2.24) is 0 Å². The van der Waals surface area contributed by atoms with Crippen molar-refractivity contribution in [3.63, 3.8) is 0 Å². The number of fused-ring (bicyclic) bond motifs is 1. The molecule has 0 radical (unpaired) electrons. The summed E-state index contributed by atoms with van der Waals surface area (Å²) in [5.41, 5.74) is 5.19. The van der Waals surface area contributed by atoms with Crippen LogP contribution < -0.4 is 10.2 Å². The standard InChI is InChI=1S/C19H20N2O2/c1-12-7-8-16(13(2)11-12)19(23)21(14(3)22)17-6-4-5-15-9-10-20-18(15)17/h4-8,11,20H,9-10H2,1-3H3. The summed E-state index contributed by atoms with van der Waals surface area (Å²) in [5.74, 6) is -0.561. The van der Waals surface area contributed by atoms with Crippen LogP contribution in [0.2, 0.25) is 0 Å². The highest BCUT2D eigenvalue weighted by molar-refractivity contribution is 6.22. The molecule has 4 nitrogen and oxygen atoms in total. The van der Waals surface area contributed by atoms with E-state index in [4.69, 9.17) is 0 Å². The zero-order chi connectivity index (χ0) is 16.6. The number of para-hydroxylation sites is 1. The lowest BCUT2D eigenvalue weighted by Crippen LogP contribution is -2.36. The van der Waals surface area contributed by atoms with Gasteiger partial charge in [-0.3, -0.25) is 9.59 Å². The summed E-state index contributed by atoms with van der Waals surface area (Å²) in [6, 6.07) is 11.4. The van der Waals surface area contributed by atoms with E-state index in [1.54, 1.807) is 6.07 Å². The molecule has 0 saturated carbocycles. The SMILES string of the molecule is CC(=O)N(C(=O)c1ccc(C)cc1C)c1cccc2c1NCC2. The molecule has 0 saturated heterocycles. The number of nitrogens with zero attached hydrogens (tertiary/aromatic N) is 1.